The molecule has 0 spiro atoms. The molecular formula is C15H21NO3. The maximum absolute atomic E-state index is 11.5. The van der Waals surface area contributed by atoms with Gasteiger partial charge in [0.05, 0.1) is 20.1 Å². The number of esters is 1. The van der Waals surface area contributed by atoms with Crippen LogP contribution in [0.1, 0.15) is 19.8 Å². The number of hydrogen-bond donors (Lipinski definition) is 0. The van der Waals surface area contributed by atoms with Gasteiger partial charge < -0.3 is 14.4 Å². The highest BCUT2D eigenvalue weighted by Gasteiger charge is 2.25. The van der Waals surface area contributed by atoms with E-state index in [0.29, 0.717) is 18.9 Å². The lowest BCUT2D eigenvalue weighted by atomic mass is 10.1. The highest BCUT2D eigenvalue weighted by molar-refractivity contribution is 5.70. The first-order valence-corrected chi connectivity index (χ1v) is 6.77. The van der Waals surface area contributed by atoms with Gasteiger partial charge in [-0.1, -0.05) is 6.07 Å². The van der Waals surface area contributed by atoms with Crippen LogP contribution in [0.5, 0.6) is 5.75 Å². The topological polar surface area (TPSA) is 38.8 Å². The summed E-state index contributed by atoms with van der Waals surface area (Å²) in [6.07, 6.45) is 1.56. The van der Waals surface area contributed by atoms with Gasteiger partial charge in [0.15, 0.2) is 0 Å². The summed E-state index contributed by atoms with van der Waals surface area (Å²) in [5.74, 6) is 1.18. The van der Waals surface area contributed by atoms with Crippen molar-refractivity contribution >= 4 is 11.7 Å². The van der Waals surface area contributed by atoms with Crippen molar-refractivity contribution in [1.82, 2.24) is 0 Å². The molecule has 0 amide bonds. The number of ether oxygens (including phenoxy) is 2. The lowest BCUT2D eigenvalue weighted by Crippen LogP contribution is -2.20. The Hall–Kier alpha value is -1.71. The summed E-state index contributed by atoms with van der Waals surface area (Å²) in [6.45, 7) is 4.20. The summed E-state index contributed by atoms with van der Waals surface area (Å²) in [6, 6.07) is 8.05. The van der Waals surface area contributed by atoms with Crippen LogP contribution in [-0.2, 0) is 9.53 Å². The minimum Gasteiger partial charge on any atom is -0.497 e. The van der Waals surface area contributed by atoms with Crippen LogP contribution >= 0.6 is 0 Å². The van der Waals surface area contributed by atoms with Crippen LogP contribution in [0.25, 0.3) is 0 Å². The van der Waals surface area contributed by atoms with Crippen molar-refractivity contribution in [2.45, 2.75) is 19.8 Å². The van der Waals surface area contributed by atoms with E-state index >= 15 is 0 Å². The van der Waals surface area contributed by atoms with E-state index < -0.39 is 0 Å². The molecule has 1 heterocycles. The number of methoxy groups -OCH3 is 1. The Bertz CT molecular complexity index is 433. The number of carbonyl (C=O) groups excluding carboxylic acids is 1. The van der Waals surface area contributed by atoms with Crippen LogP contribution in [0.4, 0.5) is 5.69 Å². The summed E-state index contributed by atoms with van der Waals surface area (Å²) in [4.78, 5) is 13.8. The Balaban J connectivity index is 1.92. The molecule has 1 fully saturated rings. The predicted molar refractivity (Wildman–Crippen MR) is 74.6 cm³/mol. The SMILES string of the molecule is CCOC(=O)CC1CCN(c2cccc(OC)c2)C1. The largest absolute Gasteiger partial charge is 0.497 e. The molecule has 1 unspecified atom stereocenters. The molecule has 4 heteroatoms. The molecule has 4 nitrogen and oxygen atoms in total. The van der Waals surface area contributed by atoms with Gasteiger partial charge >= 0.3 is 5.97 Å². The molecule has 1 aliphatic heterocycles. The van der Waals surface area contributed by atoms with E-state index in [-0.39, 0.29) is 5.97 Å². The second kappa shape index (κ2) is 6.45. The normalized spacial score (nSPS) is 18.4. The van der Waals surface area contributed by atoms with E-state index in [1.807, 2.05) is 25.1 Å². The fourth-order valence-electron chi connectivity index (χ4n) is 2.50. The number of rotatable bonds is 5. The average molecular weight is 263 g/mol. The molecule has 104 valence electrons. The molecule has 0 aromatic heterocycles. The highest BCUT2D eigenvalue weighted by atomic mass is 16.5. The van der Waals surface area contributed by atoms with E-state index in [1.165, 1.54) is 0 Å². The molecule has 1 aliphatic rings. The summed E-state index contributed by atoms with van der Waals surface area (Å²) in [7, 11) is 1.67. The van der Waals surface area contributed by atoms with Crippen molar-refractivity contribution in [1.29, 1.82) is 0 Å². The smallest absolute Gasteiger partial charge is 0.306 e. The first-order chi connectivity index (χ1) is 9.22. The van der Waals surface area contributed by atoms with Gasteiger partial charge in [0, 0.05) is 24.8 Å². The maximum Gasteiger partial charge on any atom is 0.306 e. The Morgan fingerprint density at radius 2 is 2.32 bits per heavy atom. The molecule has 1 aromatic rings. The maximum atomic E-state index is 11.5. The predicted octanol–water partition coefficient (Wildman–Crippen LogP) is 2.47. The van der Waals surface area contributed by atoms with Crippen molar-refractivity contribution in [3.8, 4) is 5.75 Å². The summed E-state index contributed by atoms with van der Waals surface area (Å²) >= 11 is 0. The third-order valence-electron chi connectivity index (χ3n) is 3.46. The summed E-state index contributed by atoms with van der Waals surface area (Å²) in [5.41, 5.74) is 1.16. The third-order valence-corrected chi connectivity index (χ3v) is 3.46. The quantitative estimate of drug-likeness (QED) is 0.765. The van der Waals surface area contributed by atoms with Crippen LogP contribution in [0.15, 0.2) is 24.3 Å². The first kappa shape index (κ1) is 13.7. The molecule has 1 saturated heterocycles. The fourth-order valence-corrected chi connectivity index (χ4v) is 2.50. The monoisotopic (exact) mass is 263 g/mol. The fraction of sp³-hybridized carbons (Fsp3) is 0.533. The first-order valence-electron chi connectivity index (χ1n) is 6.77. The minimum atomic E-state index is -0.0833. The van der Waals surface area contributed by atoms with Gasteiger partial charge in [-0.15, -0.1) is 0 Å². The van der Waals surface area contributed by atoms with Gasteiger partial charge in [-0.3, -0.25) is 4.79 Å². The average Bonchev–Trinajstić information content (AvgIpc) is 2.87. The molecular weight excluding hydrogens is 242 g/mol. The van der Waals surface area contributed by atoms with Crippen molar-refractivity contribution in [2.24, 2.45) is 5.92 Å². The zero-order valence-electron chi connectivity index (χ0n) is 11.6. The number of anilines is 1. The molecule has 0 bridgehead atoms. The zero-order chi connectivity index (χ0) is 13.7. The van der Waals surface area contributed by atoms with Crippen molar-refractivity contribution in [2.75, 3.05) is 31.7 Å². The molecule has 1 atom stereocenters. The van der Waals surface area contributed by atoms with Gasteiger partial charge in [-0.05, 0) is 31.4 Å². The summed E-state index contributed by atoms with van der Waals surface area (Å²) in [5, 5.41) is 0. The van der Waals surface area contributed by atoms with Gasteiger partial charge in [0.2, 0.25) is 0 Å². The van der Waals surface area contributed by atoms with E-state index in [1.54, 1.807) is 7.11 Å². The van der Waals surface area contributed by atoms with Crippen LogP contribution < -0.4 is 9.64 Å². The van der Waals surface area contributed by atoms with E-state index in [9.17, 15) is 4.79 Å². The van der Waals surface area contributed by atoms with Crippen molar-refractivity contribution in [3.63, 3.8) is 0 Å². The van der Waals surface area contributed by atoms with Crippen LogP contribution in [0.2, 0.25) is 0 Å². The molecule has 19 heavy (non-hydrogen) atoms. The Morgan fingerprint density at radius 1 is 1.47 bits per heavy atom. The standard InChI is InChI=1S/C15H21NO3/c1-3-19-15(17)9-12-7-8-16(11-12)13-5-4-6-14(10-13)18-2/h4-6,10,12H,3,7-9,11H2,1-2H3. The second-order valence-electron chi connectivity index (χ2n) is 4.81. The number of hydrogen-bond acceptors (Lipinski definition) is 4. The van der Waals surface area contributed by atoms with E-state index in [4.69, 9.17) is 9.47 Å². The third kappa shape index (κ3) is 3.63. The zero-order valence-corrected chi connectivity index (χ0v) is 11.6. The Labute approximate surface area is 114 Å². The molecule has 0 N–H and O–H groups in total. The Morgan fingerprint density at radius 3 is 3.05 bits per heavy atom. The summed E-state index contributed by atoms with van der Waals surface area (Å²) < 4.78 is 10.2. The van der Waals surface area contributed by atoms with Crippen LogP contribution in [0, 0.1) is 5.92 Å². The van der Waals surface area contributed by atoms with Crippen LogP contribution in [0.3, 0.4) is 0 Å². The molecule has 0 radical (unpaired) electrons. The molecule has 2 rings (SSSR count). The lowest BCUT2D eigenvalue weighted by Gasteiger charge is -2.19. The number of benzene rings is 1. The highest BCUT2D eigenvalue weighted by Crippen LogP contribution is 2.28. The van der Waals surface area contributed by atoms with Gasteiger partial charge in [0.25, 0.3) is 0 Å². The minimum absolute atomic E-state index is 0.0833. The van der Waals surface area contributed by atoms with Gasteiger partial charge in [-0.25, -0.2) is 0 Å². The second-order valence-corrected chi connectivity index (χ2v) is 4.81. The Kier molecular flexibility index (Phi) is 4.66. The number of nitrogens with zero attached hydrogens (tertiary/aromatic N) is 1. The van der Waals surface area contributed by atoms with Crippen molar-refractivity contribution in [3.05, 3.63) is 24.3 Å². The molecule has 0 aliphatic carbocycles. The van der Waals surface area contributed by atoms with Crippen molar-refractivity contribution < 1.29 is 14.3 Å². The molecule has 0 saturated carbocycles. The van der Waals surface area contributed by atoms with Gasteiger partial charge in [0.1, 0.15) is 5.75 Å². The lowest BCUT2D eigenvalue weighted by molar-refractivity contribution is -0.144. The van der Waals surface area contributed by atoms with Crippen LogP contribution in [-0.4, -0.2) is 32.8 Å². The van der Waals surface area contributed by atoms with E-state index in [2.05, 4.69) is 11.0 Å². The number of carbonyl (C=O) groups is 1. The van der Waals surface area contributed by atoms with E-state index in [0.717, 1.165) is 30.9 Å². The van der Waals surface area contributed by atoms with Gasteiger partial charge in [-0.2, -0.15) is 0 Å². The molecule has 1 aromatic carbocycles.